The van der Waals surface area contributed by atoms with Crippen molar-refractivity contribution in [3.63, 3.8) is 0 Å². The zero-order valence-electron chi connectivity index (χ0n) is 37.5. The Kier molecular flexibility index (Phi) is 38.1. The Labute approximate surface area is 355 Å². The summed E-state index contributed by atoms with van der Waals surface area (Å²) < 4.78 is 34.3. The summed E-state index contributed by atoms with van der Waals surface area (Å²) in [6.45, 7) is 4.30. The van der Waals surface area contributed by atoms with Gasteiger partial charge in [-0.3, -0.25) is 18.6 Å². The molecule has 0 fully saturated rings. The summed E-state index contributed by atoms with van der Waals surface area (Å²) in [5.41, 5.74) is 0. The first-order valence-corrected chi connectivity index (χ1v) is 24.2. The van der Waals surface area contributed by atoms with E-state index in [1.165, 1.54) is 51.4 Å². The molecule has 0 aliphatic heterocycles. The molecular weight excluding hydrogens is 750 g/mol. The van der Waals surface area contributed by atoms with E-state index in [4.69, 9.17) is 18.5 Å². The maximum Gasteiger partial charge on any atom is 0.472 e. The average molecular weight is 835 g/mol. The number of likely N-dealkylation sites (N-methyl/N-ethyl adjacent to an activating group) is 1. The lowest BCUT2D eigenvalue weighted by Crippen LogP contribution is -2.37. The van der Waals surface area contributed by atoms with Gasteiger partial charge in [0.15, 0.2) is 6.10 Å². The molecule has 334 valence electrons. The maximum atomic E-state index is 12.7. The highest BCUT2D eigenvalue weighted by molar-refractivity contribution is 7.47. The Balaban J connectivity index is 4.45. The summed E-state index contributed by atoms with van der Waals surface area (Å²) in [4.78, 5) is 35.4. The number of hydrogen-bond donors (Lipinski definition) is 1. The van der Waals surface area contributed by atoms with Gasteiger partial charge in [-0.15, -0.1) is 0 Å². The molecule has 9 nitrogen and oxygen atoms in total. The molecule has 0 aliphatic rings. The zero-order valence-corrected chi connectivity index (χ0v) is 38.4. The monoisotopic (exact) mass is 835 g/mol. The van der Waals surface area contributed by atoms with E-state index in [9.17, 15) is 19.0 Å². The van der Waals surface area contributed by atoms with Gasteiger partial charge in [0.1, 0.15) is 19.8 Å². The SMILES string of the molecule is CCCCC/C=C/C/C=C/C/C=C/C/C=C/CCCCCC(=O)O[C@H](COC(=O)CCCCCCC/C=C/C/C=C/CCCCC)COP(=O)(O)OCC[N+](C)(C)C. The average Bonchev–Trinajstić information content (AvgIpc) is 3.17. The summed E-state index contributed by atoms with van der Waals surface area (Å²) in [6, 6.07) is 0. The highest BCUT2D eigenvalue weighted by Gasteiger charge is 2.27. The van der Waals surface area contributed by atoms with E-state index in [2.05, 4.69) is 86.8 Å². The Morgan fingerprint density at radius 1 is 0.534 bits per heavy atom. The van der Waals surface area contributed by atoms with E-state index in [1.807, 2.05) is 21.1 Å². The second-order valence-electron chi connectivity index (χ2n) is 16.1. The predicted octanol–water partition coefficient (Wildman–Crippen LogP) is 13.0. The van der Waals surface area contributed by atoms with Crippen LogP contribution in [0.5, 0.6) is 0 Å². The smallest absolute Gasteiger partial charge is 0.462 e. The Bertz CT molecular complexity index is 1220. The van der Waals surface area contributed by atoms with Crippen LogP contribution in [0.4, 0.5) is 0 Å². The molecule has 2 atom stereocenters. The lowest BCUT2D eigenvalue weighted by Gasteiger charge is -2.24. The van der Waals surface area contributed by atoms with Crippen molar-refractivity contribution >= 4 is 19.8 Å². The van der Waals surface area contributed by atoms with Crippen molar-refractivity contribution in [2.24, 2.45) is 0 Å². The first kappa shape index (κ1) is 55.5. The van der Waals surface area contributed by atoms with Gasteiger partial charge >= 0.3 is 19.8 Å². The molecule has 0 rings (SSSR count). The van der Waals surface area contributed by atoms with Gasteiger partial charge in [-0.1, -0.05) is 138 Å². The lowest BCUT2D eigenvalue weighted by molar-refractivity contribution is -0.870. The number of nitrogens with zero attached hydrogens (tertiary/aromatic N) is 1. The molecule has 0 saturated heterocycles. The summed E-state index contributed by atoms with van der Waals surface area (Å²) in [6.07, 6.45) is 49.4. The minimum absolute atomic E-state index is 0.0192. The van der Waals surface area contributed by atoms with Crippen LogP contribution in [-0.4, -0.2) is 74.9 Å². The predicted molar refractivity (Wildman–Crippen MR) is 242 cm³/mol. The molecular formula is C48H85NO8P+. The fourth-order valence-corrected chi connectivity index (χ4v) is 6.36. The molecule has 58 heavy (non-hydrogen) atoms. The number of allylic oxidation sites excluding steroid dienone is 12. The van der Waals surface area contributed by atoms with Crippen molar-refractivity contribution in [3.8, 4) is 0 Å². The van der Waals surface area contributed by atoms with E-state index >= 15 is 0 Å². The standard InChI is InChI=1S/C48H84NO8P/c1-6-8-10-12-14-16-18-20-22-23-24-25-27-29-31-33-35-37-39-41-48(51)57-46(45-56-58(52,53)55-43-42-49(3,4)5)44-54-47(50)40-38-36-34-32-30-28-26-21-19-17-15-13-11-9-7-2/h14-17,20-22,24-26,29,31,46H,6-13,18-19,23,27-28,30,32-45H2,1-5H3/p+1/b16-14+,17-15+,22-20+,25-24+,26-21+,31-29+/t46-/m1/s1. The van der Waals surface area contributed by atoms with Crippen LogP contribution in [0, 0.1) is 0 Å². The van der Waals surface area contributed by atoms with E-state index < -0.39 is 32.5 Å². The van der Waals surface area contributed by atoms with Crippen molar-refractivity contribution in [2.75, 3.05) is 47.5 Å². The third kappa shape index (κ3) is 43.0. The molecule has 1 unspecified atom stereocenters. The number of ether oxygens (including phenoxy) is 2. The van der Waals surface area contributed by atoms with Crippen LogP contribution in [0.15, 0.2) is 72.9 Å². The first-order valence-electron chi connectivity index (χ1n) is 22.7. The van der Waals surface area contributed by atoms with Gasteiger partial charge in [0.05, 0.1) is 27.7 Å². The number of hydrogen-bond acceptors (Lipinski definition) is 7. The lowest BCUT2D eigenvalue weighted by atomic mass is 10.1. The molecule has 0 saturated carbocycles. The number of carbonyl (C=O) groups excluding carboxylic acids is 2. The number of phosphoric ester groups is 1. The van der Waals surface area contributed by atoms with E-state index in [0.29, 0.717) is 23.9 Å². The van der Waals surface area contributed by atoms with Gasteiger partial charge in [0.2, 0.25) is 0 Å². The molecule has 0 aromatic heterocycles. The molecule has 10 heteroatoms. The molecule has 0 aromatic rings. The van der Waals surface area contributed by atoms with Crippen LogP contribution in [0.2, 0.25) is 0 Å². The minimum atomic E-state index is -4.39. The Morgan fingerprint density at radius 2 is 0.931 bits per heavy atom. The highest BCUT2D eigenvalue weighted by Crippen LogP contribution is 2.43. The van der Waals surface area contributed by atoms with Crippen molar-refractivity contribution in [1.29, 1.82) is 0 Å². The number of esters is 2. The Morgan fingerprint density at radius 3 is 1.40 bits per heavy atom. The summed E-state index contributed by atoms with van der Waals surface area (Å²) >= 11 is 0. The van der Waals surface area contributed by atoms with Crippen LogP contribution in [0.3, 0.4) is 0 Å². The van der Waals surface area contributed by atoms with Crippen LogP contribution in [0.1, 0.15) is 168 Å². The zero-order chi connectivity index (χ0) is 42.8. The van der Waals surface area contributed by atoms with E-state index in [0.717, 1.165) is 77.0 Å². The summed E-state index contributed by atoms with van der Waals surface area (Å²) in [5.74, 6) is -0.857. The number of carbonyl (C=O) groups is 2. The van der Waals surface area contributed by atoms with Crippen molar-refractivity contribution in [1.82, 2.24) is 0 Å². The second kappa shape index (κ2) is 39.9. The van der Waals surface area contributed by atoms with Crippen molar-refractivity contribution < 1.29 is 42.1 Å². The van der Waals surface area contributed by atoms with Gasteiger partial charge in [-0.2, -0.15) is 0 Å². The molecule has 1 N–H and O–H groups in total. The fourth-order valence-electron chi connectivity index (χ4n) is 5.61. The summed E-state index contributed by atoms with van der Waals surface area (Å²) in [7, 11) is 1.43. The second-order valence-corrected chi connectivity index (χ2v) is 17.5. The molecule has 0 aliphatic carbocycles. The Hall–Kier alpha value is -2.55. The molecule has 0 aromatic carbocycles. The van der Waals surface area contributed by atoms with Gasteiger partial charge < -0.3 is 18.9 Å². The number of quaternary nitrogens is 1. The first-order chi connectivity index (χ1) is 28.0. The van der Waals surface area contributed by atoms with Gasteiger partial charge in [-0.05, 0) is 89.9 Å². The third-order valence-corrected chi connectivity index (χ3v) is 10.2. The normalized spacial score (nSPS) is 14.2. The quantitative estimate of drug-likeness (QED) is 0.0214. The number of phosphoric acid groups is 1. The van der Waals surface area contributed by atoms with Crippen LogP contribution >= 0.6 is 7.82 Å². The van der Waals surface area contributed by atoms with Crippen LogP contribution in [0.25, 0.3) is 0 Å². The van der Waals surface area contributed by atoms with Crippen molar-refractivity contribution in [3.05, 3.63) is 72.9 Å². The number of rotatable bonds is 40. The topological polar surface area (TPSA) is 108 Å². The van der Waals surface area contributed by atoms with Gasteiger partial charge in [0, 0.05) is 12.8 Å². The van der Waals surface area contributed by atoms with Crippen molar-refractivity contribution in [2.45, 2.75) is 174 Å². The highest BCUT2D eigenvalue weighted by atomic mass is 31.2. The van der Waals surface area contributed by atoms with Crippen LogP contribution < -0.4 is 0 Å². The summed E-state index contributed by atoms with van der Waals surface area (Å²) in [5, 5.41) is 0. The van der Waals surface area contributed by atoms with Gasteiger partial charge in [0.25, 0.3) is 0 Å². The largest absolute Gasteiger partial charge is 0.472 e. The molecule has 0 bridgehead atoms. The fraction of sp³-hybridized carbons (Fsp3) is 0.708. The van der Waals surface area contributed by atoms with Gasteiger partial charge in [-0.25, -0.2) is 4.57 Å². The molecule has 0 heterocycles. The third-order valence-electron chi connectivity index (χ3n) is 9.21. The van der Waals surface area contributed by atoms with Crippen LogP contribution in [-0.2, 0) is 32.7 Å². The van der Waals surface area contributed by atoms with E-state index in [-0.39, 0.29) is 26.1 Å². The number of unbranched alkanes of at least 4 members (excludes halogenated alkanes) is 14. The maximum absolute atomic E-state index is 12.7. The minimum Gasteiger partial charge on any atom is -0.462 e. The molecule has 0 spiro atoms. The molecule has 0 radical (unpaired) electrons. The molecule has 0 amide bonds. The van der Waals surface area contributed by atoms with E-state index in [1.54, 1.807) is 0 Å².